The Labute approximate surface area is 150 Å². The van der Waals surface area contributed by atoms with Crippen molar-refractivity contribution in [1.82, 2.24) is 0 Å². The highest BCUT2D eigenvalue weighted by atomic mass is 79.9. The lowest BCUT2D eigenvalue weighted by molar-refractivity contribution is -0.134. The smallest absolute Gasteiger partial charge is 0.311 e. The molecule has 0 radical (unpaired) electrons. The summed E-state index contributed by atoms with van der Waals surface area (Å²) in [6.45, 7) is 2.17. The zero-order chi connectivity index (χ0) is 16.9. The van der Waals surface area contributed by atoms with Crippen LogP contribution in [0.3, 0.4) is 0 Å². The highest BCUT2D eigenvalue weighted by molar-refractivity contribution is 9.10. The summed E-state index contributed by atoms with van der Waals surface area (Å²) in [6.07, 6.45) is 4.76. The summed E-state index contributed by atoms with van der Waals surface area (Å²) in [5.41, 5.74) is 0. The number of halogens is 1. The van der Waals surface area contributed by atoms with Crippen LogP contribution in [0.25, 0.3) is 21.5 Å². The molecule has 124 valence electrons. The van der Waals surface area contributed by atoms with Crippen molar-refractivity contribution in [2.24, 2.45) is 0 Å². The quantitative estimate of drug-likeness (QED) is 0.206. The van der Waals surface area contributed by atoms with Gasteiger partial charge >= 0.3 is 5.97 Å². The number of hydrogen-bond acceptors (Lipinski definition) is 2. The Balaban J connectivity index is 1.97. The summed E-state index contributed by atoms with van der Waals surface area (Å²) in [6, 6.07) is 16.2. The highest BCUT2D eigenvalue weighted by Gasteiger charge is 2.13. The molecule has 0 heterocycles. The summed E-state index contributed by atoms with van der Waals surface area (Å²) in [7, 11) is 0. The van der Waals surface area contributed by atoms with Crippen LogP contribution in [0.4, 0.5) is 0 Å². The minimum absolute atomic E-state index is 0.149. The SMILES string of the molecule is CCCCCCC(=O)Oc1c2ccccc2cc2ccc(Br)cc12. The third-order valence-electron chi connectivity index (χ3n) is 4.23. The Morgan fingerprint density at radius 1 is 0.958 bits per heavy atom. The molecule has 0 amide bonds. The summed E-state index contributed by atoms with van der Waals surface area (Å²) in [5.74, 6) is 0.522. The van der Waals surface area contributed by atoms with E-state index in [1.54, 1.807) is 0 Å². The van der Waals surface area contributed by atoms with Crippen molar-refractivity contribution < 1.29 is 9.53 Å². The number of carbonyl (C=O) groups excluding carboxylic acids is 1. The van der Waals surface area contributed by atoms with E-state index in [0.717, 1.165) is 51.7 Å². The Kier molecular flexibility index (Phi) is 5.52. The zero-order valence-corrected chi connectivity index (χ0v) is 15.4. The molecule has 0 saturated carbocycles. The molecule has 0 spiro atoms. The van der Waals surface area contributed by atoms with Crippen molar-refractivity contribution in [2.45, 2.75) is 39.0 Å². The molecular weight excluding hydrogens is 364 g/mol. The largest absolute Gasteiger partial charge is 0.425 e. The van der Waals surface area contributed by atoms with Crippen molar-refractivity contribution >= 4 is 43.4 Å². The lowest BCUT2D eigenvalue weighted by atomic mass is 10.0. The second-order valence-corrected chi connectivity index (χ2v) is 6.99. The van der Waals surface area contributed by atoms with Crippen LogP contribution >= 0.6 is 15.9 Å². The molecule has 0 fully saturated rings. The highest BCUT2D eigenvalue weighted by Crippen LogP contribution is 2.36. The Morgan fingerprint density at radius 3 is 2.58 bits per heavy atom. The Hall–Kier alpha value is -1.87. The van der Waals surface area contributed by atoms with Crippen molar-refractivity contribution in [3.8, 4) is 5.75 Å². The Bertz CT molecular complexity index is 870. The predicted molar refractivity (Wildman–Crippen MR) is 104 cm³/mol. The first-order chi connectivity index (χ1) is 11.7. The van der Waals surface area contributed by atoms with Crippen molar-refractivity contribution in [2.75, 3.05) is 0 Å². The molecule has 3 aromatic carbocycles. The molecule has 0 saturated heterocycles. The lowest BCUT2D eigenvalue weighted by Crippen LogP contribution is -2.08. The van der Waals surface area contributed by atoms with E-state index in [2.05, 4.69) is 35.0 Å². The number of unbranched alkanes of at least 4 members (excludes halogenated alkanes) is 3. The molecule has 0 aliphatic rings. The number of ether oxygens (including phenoxy) is 1. The molecule has 3 rings (SSSR count). The minimum atomic E-state index is -0.149. The third-order valence-corrected chi connectivity index (χ3v) is 4.72. The van der Waals surface area contributed by atoms with Gasteiger partial charge in [-0.25, -0.2) is 0 Å². The first-order valence-corrected chi connectivity index (χ1v) is 9.30. The van der Waals surface area contributed by atoms with E-state index in [9.17, 15) is 4.79 Å². The minimum Gasteiger partial charge on any atom is -0.425 e. The predicted octanol–water partition coefficient (Wildman–Crippen LogP) is 6.63. The average Bonchev–Trinajstić information content (AvgIpc) is 2.59. The van der Waals surface area contributed by atoms with Gasteiger partial charge in [0.05, 0.1) is 0 Å². The summed E-state index contributed by atoms with van der Waals surface area (Å²) < 4.78 is 6.79. The fourth-order valence-corrected chi connectivity index (χ4v) is 3.33. The first-order valence-electron chi connectivity index (χ1n) is 8.50. The summed E-state index contributed by atoms with van der Waals surface area (Å²) in [5, 5.41) is 4.10. The molecular formula is C21H21BrO2. The molecule has 0 N–H and O–H groups in total. The fourth-order valence-electron chi connectivity index (χ4n) is 2.96. The number of carbonyl (C=O) groups is 1. The van der Waals surface area contributed by atoms with Gasteiger partial charge in [-0.3, -0.25) is 4.79 Å². The maximum Gasteiger partial charge on any atom is 0.311 e. The molecule has 2 nitrogen and oxygen atoms in total. The van der Waals surface area contributed by atoms with Gasteiger partial charge in [0.15, 0.2) is 0 Å². The lowest BCUT2D eigenvalue weighted by Gasteiger charge is -2.12. The molecule has 0 atom stereocenters. The van der Waals surface area contributed by atoms with Crippen LogP contribution in [0, 0.1) is 0 Å². The van der Waals surface area contributed by atoms with Crippen LogP contribution in [0.5, 0.6) is 5.75 Å². The number of benzene rings is 3. The van der Waals surface area contributed by atoms with E-state index in [1.165, 1.54) is 0 Å². The van der Waals surface area contributed by atoms with Gasteiger partial charge in [-0.05, 0) is 35.4 Å². The average molecular weight is 385 g/mol. The van der Waals surface area contributed by atoms with Crippen LogP contribution < -0.4 is 4.74 Å². The summed E-state index contributed by atoms with van der Waals surface area (Å²) in [4.78, 5) is 12.3. The summed E-state index contributed by atoms with van der Waals surface area (Å²) >= 11 is 3.52. The second kappa shape index (κ2) is 7.80. The van der Waals surface area contributed by atoms with E-state index >= 15 is 0 Å². The number of esters is 1. The molecule has 0 bridgehead atoms. The maximum atomic E-state index is 12.3. The van der Waals surface area contributed by atoms with Crippen LogP contribution in [0.1, 0.15) is 39.0 Å². The molecule has 3 heteroatoms. The first kappa shape index (κ1) is 17.0. The standard InChI is InChI=1S/C21H21BrO2/c1-2-3-4-5-10-20(23)24-21-18-9-7-6-8-15(18)13-16-11-12-17(22)14-19(16)21/h6-9,11-14H,2-5,10H2,1H3. The molecule has 3 aromatic rings. The van der Waals surface area contributed by atoms with Gasteiger partial charge in [-0.15, -0.1) is 0 Å². The maximum absolute atomic E-state index is 12.3. The van der Waals surface area contributed by atoms with Gasteiger partial charge < -0.3 is 4.74 Å². The van der Waals surface area contributed by atoms with Gasteiger partial charge in [0, 0.05) is 21.7 Å². The van der Waals surface area contributed by atoms with Crippen LogP contribution in [-0.4, -0.2) is 5.97 Å². The fraction of sp³-hybridized carbons (Fsp3) is 0.286. The topological polar surface area (TPSA) is 26.3 Å². The monoisotopic (exact) mass is 384 g/mol. The normalized spacial score (nSPS) is 11.1. The zero-order valence-electron chi connectivity index (χ0n) is 13.8. The molecule has 0 unspecified atom stereocenters. The van der Waals surface area contributed by atoms with E-state index < -0.39 is 0 Å². The molecule has 0 aromatic heterocycles. The van der Waals surface area contributed by atoms with Crippen molar-refractivity contribution in [1.29, 1.82) is 0 Å². The van der Waals surface area contributed by atoms with Crippen LogP contribution in [0.15, 0.2) is 53.0 Å². The van der Waals surface area contributed by atoms with E-state index in [1.807, 2.05) is 36.4 Å². The van der Waals surface area contributed by atoms with Gasteiger partial charge in [-0.2, -0.15) is 0 Å². The van der Waals surface area contributed by atoms with Gasteiger partial charge in [-0.1, -0.05) is 72.4 Å². The van der Waals surface area contributed by atoms with E-state index in [-0.39, 0.29) is 5.97 Å². The van der Waals surface area contributed by atoms with Crippen molar-refractivity contribution in [3.63, 3.8) is 0 Å². The number of fused-ring (bicyclic) bond motifs is 2. The van der Waals surface area contributed by atoms with E-state index in [4.69, 9.17) is 4.74 Å². The molecule has 24 heavy (non-hydrogen) atoms. The number of hydrogen-bond donors (Lipinski definition) is 0. The van der Waals surface area contributed by atoms with Gasteiger partial charge in [0.2, 0.25) is 0 Å². The molecule has 0 aliphatic heterocycles. The van der Waals surface area contributed by atoms with Crippen LogP contribution in [0.2, 0.25) is 0 Å². The number of rotatable bonds is 6. The second-order valence-electron chi connectivity index (χ2n) is 6.08. The van der Waals surface area contributed by atoms with Gasteiger partial charge in [0.1, 0.15) is 5.75 Å². The Morgan fingerprint density at radius 2 is 1.75 bits per heavy atom. The van der Waals surface area contributed by atoms with Crippen molar-refractivity contribution in [3.05, 3.63) is 53.0 Å². The van der Waals surface area contributed by atoms with E-state index in [0.29, 0.717) is 12.2 Å². The third kappa shape index (κ3) is 3.78. The van der Waals surface area contributed by atoms with Gasteiger partial charge in [0.25, 0.3) is 0 Å². The van der Waals surface area contributed by atoms with Crippen LogP contribution in [-0.2, 0) is 4.79 Å². The molecule has 0 aliphatic carbocycles.